The molecule has 0 aromatic heterocycles. The lowest BCUT2D eigenvalue weighted by Gasteiger charge is -2.21. The molecule has 1 aliphatic rings. The third-order valence-electron chi connectivity index (χ3n) is 4.71. The summed E-state index contributed by atoms with van der Waals surface area (Å²) in [4.78, 5) is 11.7. The van der Waals surface area contributed by atoms with E-state index in [0.717, 1.165) is 18.8 Å². The van der Waals surface area contributed by atoms with E-state index in [0.29, 0.717) is 13.0 Å². The molecule has 2 nitrogen and oxygen atoms in total. The monoisotopic (exact) mass is 332 g/mol. The first-order valence-corrected chi connectivity index (χ1v) is 10.0. The Morgan fingerprint density at radius 1 is 1.00 bits per heavy atom. The number of rotatable bonds is 9. The molecule has 1 fully saturated rings. The van der Waals surface area contributed by atoms with Gasteiger partial charge in [0.05, 0.1) is 6.61 Å². The highest BCUT2D eigenvalue weighted by atomic mass is 16.5. The quantitative estimate of drug-likeness (QED) is 0.390. The standard InChI is InChI=1S/C20H30O2.C2H6/c21-20(22-17-16-19-13-6-2-7-14-19)15-9-3-8-12-18-10-4-1-5-11-18;1-2/h2,6-7,13-14,18H,1,3-5,8-12,15-17H2;1-2H3. The summed E-state index contributed by atoms with van der Waals surface area (Å²) in [6.07, 6.45) is 13.4. The van der Waals surface area contributed by atoms with Gasteiger partial charge < -0.3 is 4.74 Å². The van der Waals surface area contributed by atoms with Gasteiger partial charge in [-0.1, -0.05) is 95.5 Å². The van der Waals surface area contributed by atoms with E-state index in [1.54, 1.807) is 0 Å². The SMILES string of the molecule is CC.O=C(CCCCCC1CCCCC1)OCCc1ccccc1. The van der Waals surface area contributed by atoms with Crippen LogP contribution in [0, 0.1) is 5.92 Å². The Labute approximate surface area is 149 Å². The van der Waals surface area contributed by atoms with Crippen LogP contribution in [0.2, 0.25) is 0 Å². The molecule has 136 valence electrons. The Morgan fingerprint density at radius 2 is 1.71 bits per heavy atom. The molecule has 0 heterocycles. The highest BCUT2D eigenvalue weighted by molar-refractivity contribution is 5.69. The van der Waals surface area contributed by atoms with Gasteiger partial charge in [0.2, 0.25) is 0 Å². The summed E-state index contributed by atoms with van der Waals surface area (Å²) in [6, 6.07) is 10.2. The first-order valence-electron chi connectivity index (χ1n) is 10.0. The molecule has 2 heteroatoms. The molecule has 0 saturated heterocycles. The van der Waals surface area contributed by atoms with Crippen LogP contribution in [-0.2, 0) is 16.0 Å². The molecule has 1 aromatic carbocycles. The predicted molar refractivity (Wildman–Crippen MR) is 102 cm³/mol. The van der Waals surface area contributed by atoms with Gasteiger partial charge in [0.1, 0.15) is 0 Å². The van der Waals surface area contributed by atoms with E-state index in [1.165, 1.54) is 56.9 Å². The Bertz CT molecular complexity index is 407. The topological polar surface area (TPSA) is 26.3 Å². The fraction of sp³-hybridized carbons (Fsp3) is 0.682. The zero-order valence-electron chi connectivity index (χ0n) is 15.8. The average Bonchev–Trinajstić information content (AvgIpc) is 2.65. The number of benzene rings is 1. The lowest BCUT2D eigenvalue weighted by Crippen LogP contribution is -2.08. The van der Waals surface area contributed by atoms with Crippen molar-refractivity contribution >= 4 is 5.97 Å². The van der Waals surface area contributed by atoms with E-state index >= 15 is 0 Å². The van der Waals surface area contributed by atoms with Crippen molar-refractivity contribution in [1.82, 2.24) is 0 Å². The van der Waals surface area contributed by atoms with Crippen LogP contribution in [0.4, 0.5) is 0 Å². The maximum absolute atomic E-state index is 11.7. The van der Waals surface area contributed by atoms with Gasteiger partial charge in [-0.15, -0.1) is 0 Å². The van der Waals surface area contributed by atoms with Gasteiger partial charge in [-0.05, 0) is 17.9 Å². The molecule has 1 aromatic rings. The Balaban J connectivity index is 0.00000139. The number of ether oxygens (including phenoxy) is 1. The van der Waals surface area contributed by atoms with Crippen molar-refractivity contribution < 1.29 is 9.53 Å². The van der Waals surface area contributed by atoms with Crippen LogP contribution in [-0.4, -0.2) is 12.6 Å². The molecule has 1 aliphatic carbocycles. The van der Waals surface area contributed by atoms with Crippen molar-refractivity contribution in [3.05, 3.63) is 35.9 Å². The lowest BCUT2D eigenvalue weighted by atomic mass is 9.85. The molecule has 24 heavy (non-hydrogen) atoms. The van der Waals surface area contributed by atoms with Crippen LogP contribution in [0.15, 0.2) is 30.3 Å². The fourth-order valence-electron chi connectivity index (χ4n) is 3.35. The van der Waals surface area contributed by atoms with Crippen LogP contribution >= 0.6 is 0 Å². The van der Waals surface area contributed by atoms with E-state index in [2.05, 4.69) is 12.1 Å². The summed E-state index contributed by atoms with van der Waals surface area (Å²) in [5.41, 5.74) is 1.22. The highest BCUT2D eigenvalue weighted by Crippen LogP contribution is 2.27. The number of esters is 1. The molecule has 0 N–H and O–H groups in total. The third-order valence-corrected chi connectivity index (χ3v) is 4.71. The smallest absolute Gasteiger partial charge is 0.305 e. The normalized spacial score (nSPS) is 14.6. The molecule has 0 atom stereocenters. The fourth-order valence-corrected chi connectivity index (χ4v) is 3.35. The number of hydrogen-bond donors (Lipinski definition) is 0. The largest absolute Gasteiger partial charge is 0.465 e. The number of hydrogen-bond acceptors (Lipinski definition) is 2. The average molecular weight is 333 g/mol. The zero-order chi connectivity index (χ0) is 17.5. The minimum atomic E-state index is -0.0337. The molecule has 0 spiro atoms. The van der Waals surface area contributed by atoms with E-state index < -0.39 is 0 Å². The number of carbonyl (C=O) groups is 1. The summed E-state index contributed by atoms with van der Waals surface area (Å²) in [7, 11) is 0. The van der Waals surface area contributed by atoms with Gasteiger partial charge in [0, 0.05) is 12.8 Å². The number of unbranched alkanes of at least 4 members (excludes halogenated alkanes) is 2. The summed E-state index contributed by atoms with van der Waals surface area (Å²) in [5.74, 6) is 0.931. The lowest BCUT2D eigenvalue weighted by molar-refractivity contribution is -0.143. The van der Waals surface area contributed by atoms with Crippen LogP contribution in [0.25, 0.3) is 0 Å². The van der Waals surface area contributed by atoms with Crippen LogP contribution < -0.4 is 0 Å². The minimum Gasteiger partial charge on any atom is -0.465 e. The van der Waals surface area contributed by atoms with Crippen molar-refractivity contribution in [1.29, 1.82) is 0 Å². The van der Waals surface area contributed by atoms with Crippen LogP contribution in [0.1, 0.15) is 83.6 Å². The van der Waals surface area contributed by atoms with E-state index in [-0.39, 0.29) is 5.97 Å². The molecule has 0 aliphatic heterocycles. The molecular formula is C22H36O2. The molecule has 0 unspecified atom stereocenters. The second kappa shape index (κ2) is 14.1. The van der Waals surface area contributed by atoms with Gasteiger partial charge >= 0.3 is 5.97 Å². The number of carbonyl (C=O) groups excluding carboxylic acids is 1. The predicted octanol–water partition coefficient (Wildman–Crippen LogP) is 6.33. The van der Waals surface area contributed by atoms with Crippen LogP contribution in [0.5, 0.6) is 0 Å². The van der Waals surface area contributed by atoms with Crippen LogP contribution in [0.3, 0.4) is 0 Å². The molecule has 0 amide bonds. The van der Waals surface area contributed by atoms with E-state index in [1.807, 2.05) is 32.0 Å². The molecule has 2 rings (SSSR count). The Hall–Kier alpha value is -1.31. The molecular weight excluding hydrogens is 296 g/mol. The minimum absolute atomic E-state index is 0.0337. The summed E-state index contributed by atoms with van der Waals surface area (Å²) >= 11 is 0. The Kier molecular flexibility index (Phi) is 12.2. The molecule has 0 bridgehead atoms. The summed E-state index contributed by atoms with van der Waals surface area (Å²) in [5, 5.41) is 0. The summed E-state index contributed by atoms with van der Waals surface area (Å²) < 4.78 is 5.30. The zero-order valence-corrected chi connectivity index (χ0v) is 15.8. The van der Waals surface area contributed by atoms with E-state index in [9.17, 15) is 4.79 Å². The maximum Gasteiger partial charge on any atom is 0.305 e. The van der Waals surface area contributed by atoms with E-state index in [4.69, 9.17) is 4.74 Å². The third kappa shape index (κ3) is 9.75. The first-order chi connectivity index (χ1) is 11.8. The van der Waals surface area contributed by atoms with Gasteiger partial charge in [-0.3, -0.25) is 4.79 Å². The van der Waals surface area contributed by atoms with Crippen molar-refractivity contribution in [2.75, 3.05) is 6.61 Å². The first kappa shape index (κ1) is 20.7. The van der Waals surface area contributed by atoms with Gasteiger partial charge in [-0.2, -0.15) is 0 Å². The van der Waals surface area contributed by atoms with Crippen molar-refractivity contribution in [2.45, 2.75) is 84.5 Å². The summed E-state index contributed by atoms with van der Waals surface area (Å²) in [6.45, 7) is 4.50. The van der Waals surface area contributed by atoms with Crippen molar-refractivity contribution in [2.24, 2.45) is 5.92 Å². The van der Waals surface area contributed by atoms with Crippen molar-refractivity contribution in [3.63, 3.8) is 0 Å². The van der Waals surface area contributed by atoms with Gasteiger partial charge in [-0.25, -0.2) is 0 Å². The maximum atomic E-state index is 11.7. The van der Waals surface area contributed by atoms with Crippen molar-refractivity contribution in [3.8, 4) is 0 Å². The highest BCUT2D eigenvalue weighted by Gasteiger charge is 2.12. The second-order valence-electron chi connectivity index (χ2n) is 6.56. The Morgan fingerprint density at radius 3 is 2.42 bits per heavy atom. The van der Waals surface area contributed by atoms with Gasteiger partial charge in [0.15, 0.2) is 0 Å². The van der Waals surface area contributed by atoms with Gasteiger partial charge in [0.25, 0.3) is 0 Å². The molecule has 1 saturated carbocycles. The molecule has 0 radical (unpaired) electrons. The second-order valence-corrected chi connectivity index (χ2v) is 6.56.